The van der Waals surface area contributed by atoms with Gasteiger partial charge in [0, 0.05) is 38.3 Å². The molecule has 2 N–H and O–H groups in total. The molecular formula is C32H36N2O6. The van der Waals surface area contributed by atoms with Crippen LogP contribution in [0.2, 0.25) is 0 Å². The Kier molecular flexibility index (Phi) is 10.8. The molecule has 3 rings (SSSR count). The van der Waals surface area contributed by atoms with Crippen molar-refractivity contribution < 1.29 is 29.3 Å². The van der Waals surface area contributed by atoms with Gasteiger partial charge in [-0.3, -0.25) is 4.79 Å². The second-order valence-electron chi connectivity index (χ2n) is 9.19. The van der Waals surface area contributed by atoms with E-state index in [2.05, 4.69) is 19.1 Å². The molecule has 0 atom stereocenters. The number of allylic oxidation sites excluding steroid dienone is 1. The standard InChI is InChI=1S/C32H36N2O6/c1-5-27(23-10-7-6-8-11-23)31(28-18-15-25(35)22-29(28)39-4)24-13-16-26(17-14-24)40-21-20-34(32(37)38)19-9-12-30(36)33(2)3/h6-18,22,35H,5,19-21H2,1-4H3,(H,37,38). The molecule has 0 aliphatic rings. The van der Waals surface area contributed by atoms with Gasteiger partial charge < -0.3 is 29.5 Å². The molecule has 0 bridgehead atoms. The lowest BCUT2D eigenvalue weighted by Gasteiger charge is -2.20. The van der Waals surface area contributed by atoms with Crippen molar-refractivity contribution in [2.45, 2.75) is 13.3 Å². The van der Waals surface area contributed by atoms with Crippen molar-refractivity contribution in [2.75, 3.05) is 40.9 Å². The number of nitrogens with zero attached hydrogens (tertiary/aromatic N) is 2. The molecule has 0 aliphatic heterocycles. The molecule has 0 saturated carbocycles. The van der Waals surface area contributed by atoms with Crippen LogP contribution in [0.25, 0.3) is 11.1 Å². The lowest BCUT2D eigenvalue weighted by Crippen LogP contribution is -2.33. The minimum Gasteiger partial charge on any atom is -0.508 e. The van der Waals surface area contributed by atoms with E-state index in [0.29, 0.717) is 11.5 Å². The van der Waals surface area contributed by atoms with Crippen LogP contribution in [0, 0.1) is 0 Å². The van der Waals surface area contributed by atoms with E-state index in [1.54, 1.807) is 33.3 Å². The van der Waals surface area contributed by atoms with Gasteiger partial charge in [0.05, 0.1) is 13.7 Å². The van der Waals surface area contributed by atoms with E-state index in [0.717, 1.165) is 34.3 Å². The second kappa shape index (κ2) is 14.4. The first kappa shape index (κ1) is 29.8. The molecule has 0 aliphatic carbocycles. The van der Waals surface area contributed by atoms with Crippen LogP contribution in [0.4, 0.5) is 4.79 Å². The fourth-order valence-electron chi connectivity index (χ4n) is 4.23. The molecule has 0 heterocycles. The van der Waals surface area contributed by atoms with E-state index in [-0.39, 0.29) is 31.4 Å². The predicted octanol–water partition coefficient (Wildman–Crippen LogP) is 5.77. The molecule has 0 aromatic heterocycles. The van der Waals surface area contributed by atoms with Gasteiger partial charge in [0.1, 0.15) is 23.9 Å². The lowest BCUT2D eigenvalue weighted by atomic mass is 9.87. The van der Waals surface area contributed by atoms with Gasteiger partial charge in [-0.25, -0.2) is 4.79 Å². The van der Waals surface area contributed by atoms with Gasteiger partial charge in [0.25, 0.3) is 0 Å². The molecule has 8 heteroatoms. The van der Waals surface area contributed by atoms with Crippen LogP contribution in [-0.4, -0.2) is 72.9 Å². The molecule has 0 spiro atoms. The van der Waals surface area contributed by atoms with Crippen molar-refractivity contribution in [1.82, 2.24) is 9.80 Å². The van der Waals surface area contributed by atoms with E-state index >= 15 is 0 Å². The van der Waals surface area contributed by atoms with Gasteiger partial charge >= 0.3 is 6.09 Å². The van der Waals surface area contributed by atoms with Gasteiger partial charge in [-0.1, -0.05) is 55.5 Å². The smallest absolute Gasteiger partial charge is 0.407 e. The summed E-state index contributed by atoms with van der Waals surface area (Å²) in [6.45, 7) is 2.48. The zero-order chi connectivity index (χ0) is 29.1. The monoisotopic (exact) mass is 544 g/mol. The molecule has 3 aromatic rings. The molecule has 8 nitrogen and oxygen atoms in total. The zero-order valence-electron chi connectivity index (χ0n) is 23.3. The average Bonchev–Trinajstić information content (AvgIpc) is 2.95. The van der Waals surface area contributed by atoms with E-state index < -0.39 is 6.09 Å². The number of hydrogen-bond donors (Lipinski definition) is 2. The zero-order valence-corrected chi connectivity index (χ0v) is 23.3. The number of rotatable bonds is 12. The number of carbonyl (C=O) groups excluding carboxylic acids is 1. The SMILES string of the molecule is CCC(=C(c1ccc(OCCN(CC=CC(=O)N(C)C)C(=O)O)cc1)c1ccc(O)cc1OC)c1ccccc1. The first-order valence-electron chi connectivity index (χ1n) is 13.0. The van der Waals surface area contributed by atoms with Crippen LogP contribution in [-0.2, 0) is 4.79 Å². The first-order valence-corrected chi connectivity index (χ1v) is 13.0. The first-order chi connectivity index (χ1) is 19.2. The fourth-order valence-corrected chi connectivity index (χ4v) is 4.23. The summed E-state index contributed by atoms with van der Waals surface area (Å²) in [7, 11) is 4.84. The summed E-state index contributed by atoms with van der Waals surface area (Å²) in [5, 5.41) is 19.5. The number of benzene rings is 3. The topological polar surface area (TPSA) is 99.5 Å². The molecule has 0 saturated heterocycles. The molecule has 40 heavy (non-hydrogen) atoms. The number of carboxylic acid groups (broad SMARTS) is 1. The normalized spacial score (nSPS) is 11.6. The molecule has 2 amide bonds. The Hall–Kier alpha value is -4.72. The van der Waals surface area contributed by atoms with Crippen LogP contribution in [0.15, 0.2) is 84.9 Å². The Labute approximate surface area is 235 Å². The van der Waals surface area contributed by atoms with Crippen LogP contribution in [0.5, 0.6) is 17.2 Å². The minimum absolute atomic E-state index is 0.0824. The summed E-state index contributed by atoms with van der Waals surface area (Å²) in [4.78, 5) is 25.9. The highest BCUT2D eigenvalue weighted by molar-refractivity contribution is 6.00. The van der Waals surface area contributed by atoms with Gasteiger partial charge in [-0.2, -0.15) is 0 Å². The second-order valence-corrected chi connectivity index (χ2v) is 9.19. The fraction of sp³-hybridized carbons (Fsp3) is 0.250. The molecule has 0 unspecified atom stereocenters. The van der Waals surface area contributed by atoms with Gasteiger partial charge in [-0.05, 0) is 53.0 Å². The number of phenolic OH excluding ortho intramolecular Hbond substituents is 1. The maximum atomic E-state index is 11.7. The molecule has 0 radical (unpaired) electrons. The average molecular weight is 545 g/mol. The van der Waals surface area contributed by atoms with E-state index in [1.165, 1.54) is 22.0 Å². The Morgan fingerprint density at radius 2 is 1.65 bits per heavy atom. The molecule has 0 fully saturated rings. The van der Waals surface area contributed by atoms with Gasteiger partial charge in [0.2, 0.25) is 5.91 Å². The summed E-state index contributed by atoms with van der Waals surface area (Å²) >= 11 is 0. The van der Waals surface area contributed by atoms with Crippen LogP contribution >= 0.6 is 0 Å². The van der Waals surface area contributed by atoms with Crippen molar-refractivity contribution in [2.24, 2.45) is 0 Å². The van der Waals surface area contributed by atoms with Crippen molar-refractivity contribution >= 4 is 23.1 Å². The molecular weight excluding hydrogens is 508 g/mol. The van der Waals surface area contributed by atoms with E-state index in [1.807, 2.05) is 48.5 Å². The predicted molar refractivity (Wildman–Crippen MR) is 157 cm³/mol. The summed E-state index contributed by atoms with van der Waals surface area (Å²) in [5.74, 6) is 1.07. The molecule has 3 aromatic carbocycles. The number of aromatic hydroxyl groups is 1. The third kappa shape index (κ3) is 7.89. The highest BCUT2D eigenvalue weighted by Gasteiger charge is 2.18. The highest BCUT2D eigenvalue weighted by atomic mass is 16.5. The van der Waals surface area contributed by atoms with Crippen LogP contribution in [0.3, 0.4) is 0 Å². The number of phenols is 1. The number of likely N-dealkylation sites (N-methyl/N-ethyl adjacent to an activating group) is 1. The third-order valence-electron chi connectivity index (χ3n) is 6.30. The highest BCUT2D eigenvalue weighted by Crippen LogP contribution is 2.40. The van der Waals surface area contributed by atoms with Crippen LogP contribution in [0.1, 0.15) is 30.0 Å². The van der Waals surface area contributed by atoms with Crippen molar-refractivity contribution in [3.63, 3.8) is 0 Å². The summed E-state index contributed by atoms with van der Waals surface area (Å²) in [5.41, 5.74) is 4.99. The van der Waals surface area contributed by atoms with Gasteiger partial charge in [-0.15, -0.1) is 0 Å². The minimum atomic E-state index is -1.09. The number of amides is 2. The lowest BCUT2D eigenvalue weighted by molar-refractivity contribution is -0.123. The number of carbonyl (C=O) groups is 2. The van der Waals surface area contributed by atoms with Crippen molar-refractivity contribution in [3.05, 3.63) is 102 Å². The van der Waals surface area contributed by atoms with Crippen molar-refractivity contribution in [1.29, 1.82) is 0 Å². The van der Waals surface area contributed by atoms with E-state index in [9.17, 15) is 19.8 Å². The quantitative estimate of drug-likeness (QED) is 0.222. The third-order valence-corrected chi connectivity index (χ3v) is 6.30. The maximum absolute atomic E-state index is 11.7. The Balaban J connectivity index is 1.84. The number of hydrogen-bond acceptors (Lipinski definition) is 5. The largest absolute Gasteiger partial charge is 0.508 e. The van der Waals surface area contributed by atoms with Crippen molar-refractivity contribution in [3.8, 4) is 17.2 Å². The Morgan fingerprint density at radius 1 is 0.950 bits per heavy atom. The maximum Gasteiger partial charge on any atom is 0.407 e. The number of methoxy groups -OCH3 is 1. The van der Waals surface area contributed by atoms with E-state index in [4.69, 9.17) is 9.47 Å². The number of ether oxygens (including phenoxy) is 2. The summed E-state index contributed by atoms with van der Waals surface area (Å²) in [6, 6.07) is 22.9. The summed E-state index contributed by atoms with van der Waals surface area (Å²) < 4.78 is 11.5. The Morgan fingerprint density at radius 3 is 2.25 bits per heavy atom. The Bertz CT molecular complexity index is 1350. The van der Waals surface area contributed by atoms with Crippen LogP contribution < -0.4 is 9.47 Å². The molecule has 210 valence electrons. The van der Waals surface area contributed by atoms with Gasteiger partial charge in [0.15, 0.2) is 0 Å². The summed E-state index contributed by atoms with van der Waals surface area (Å²) in [6.07, 6.45) is 2.55.